The summed E-state index contributed by atoms with van der Waals surface area (Å²) in [5.41, 5.74) is 0.0372. The Hall–Kier alpha value is -2.57. The number of hydrogen-bond acceptors (Lipinski definition) is 4. The Bertz CT molecular complexity index is 683. The molecule has 7 heteroatoms. The number of anilines is 1. The van der Waals surface area contributed by atoms with Gasteiger partial charge in [0.15, 0.2) is 0 Å². The van der Waals surface area contributed by atoms with Gasteiger partial charge in [0.25, 0.3) is 11.7 Å². The van der Waals surface area contributed by atoms with Crippen molar-refractivity contribution in [3.8, 4) is 0 Å². The maximum Gasteiger partial charge on any atom is 0.299 e. The molecule has 0 saturated carbocycles. The van der Waals surface area contributed by atoms with Gasteiger partial charge in [-0.3, -0.25) is 14.5 Å². The molecule has 0 atom stereocenters. The molecule has 2 heterocycles. The summed E-state index contributed by atoms with van der Waals surface area (Å²) >= 11 is 0. The quantitative estimate of drug-likeness (QED) is 0.774. The third-order valence-corrected chi connectivity index (χ3v) is 2.82. The van der Waals surface area contributed by atoms with Gasteiger partial charge in [-0.25, -0.2) is 8.78 Å². The van der Waals surface area contributed by atoms with E-state index in [2.05, 4.69) is 9.68 Å². The molecule has 0 N–H and O–H groups in total. The lowest BCUT2D eigenvalue weighted by molar-refractivity contribution is -0.114. The topological polar surface area (TPSA) is 63.4 Å². The summed E-state index contributed by atoms with van der Waals surface area (Å²) in [4.78, 5) is 24.5. The second-order valence-electron chi connectivity index (χ2n) is 4.03. The standard InChI is InChI=1S/C12H6F2N2O3/c13-7-1-8(14)10-9(2-7)16(12(18)11(10)17)4-6-3-15-19-5-6/h1-3,5H,4H2. The molecular formula is C12H6F2N2O3. The molecule has 0 radical (unpaired) electrons. The van der Waals surface area contributed by atoms with Crippen LogP contribution in [0.1, 0.15) is 15.9 Å². The molecule has 0 bridgehead atoms. The molecule has 0 saturated heterocycles. The van der Waals surface area contributed by atoms with Crippen LogP contribution in [-0.2, 0) is 11.3 Å². The number of halogens is 2. The third kappa shape index (κ3) is 1.70. The zero-order chi connectivity index (χ0) is 13.6. The lowest BCUT2D eigenvalue weighted by Gasteiger charge is -2.14. The fraction of sp³-hybridized carbons (Fsp3) is 0.0833. The fourth-order valence-electron chi connectivity index (χ4n) is 1.98. The van der Waals surface area contributed by atoms with E-state index < -0.39 is 28.9 Å². The molecule has 96 valence electrons. The summed E-state index contributed by atoms with van der Waals surface area (Å²) in [6, 6.07) is 1.53. The third-order valence-electron chi connectivity index (χ3n) is 2.82. The maximum atomic E-state index is 13.6. The van der Waals surface area contributed by atoms with Gasteiger partial charge in [-0.15, -0.1) is 0 Å². The van der Waals surface area contributed by atoms with Crippen LogP contribution >= 0.6 is 0 Å². The van der Waals surface area contributed by atoms with Crippen LogP contribution in [0, 0.1) is 11.6 Å². The van der Waals surface area contributed by atoms with Gasteiger partial charge in [0.1, 0.15) is 17.9 Å². The van der Waals surface area contributed by atoms with Crippen molar-refractivity contribution in [2.75, 3.05) is 4.90 Å². The number of fused-ring (bicyclic) bond motifs is 1. The number of aromatic nitrogens is 1. The molecule has 0 unspecified atom stereocenters. The van der Waals surface area contributed by atoms with Crippen molar-refractivity contribution in [3.05, 3.63) is 47.4 Å². The number of ketones is 1. The molecule has 1 aliphatic heterocycles. The molecule has 0 aliphatic carbocycles. The van der Waals surface area contributed by atoms with Crippen molar-refractivity contribution >= 4 is 17.4 Å². The van der Waals surface area contributed by atoms with Crippen molar-refractivity contribution in [1.29, 1.82) is 0 Å². The zero-order valence-electron chi connectivity index (χ0n) is 9.39. The summed E-state index contributed by atoms with van der Waals surface area (Å²) in [5.74, 6) is -3.78. The summed E-state index contributed by atoms with van der Waals surface area (Å²) < 4.78 is 31.4. The molecule has 1 aromatic carbocycles. The predicted molar refractivity (Wildman–Crippen MR) is 58.4 cm³/mol. The average Bonchev–Trinajstić information content (AvgIpc) is 2.93. The monoisotopic (exact) mass is 264 g/mol. The van der Waals surface area contributed by atoms with Crippen LogP contribution in [-0.4, -0.2) is 16.8 Å². The van der Waals surface area contributed by atoms with Gasteiger partial charge >= 0.3 is 0 Å². The molecular weight excluding hydrogens is 258 g/mol. The van der Waals surface area contributed by atoms with E-state index in [0.717, 1.165) is 11.0 Å². The van der Waals surface area contributed by atoms with Crippen LogP contribution in [0.3, 0.4) is 0 Å². The number of Topliss-reactive ketones (excluding diaryl/α,β-unsaturated/α-hetero) is 1. The second kappa shape index (κ2) is 3.98. The smallest absolute Gasteiger partial charge is 0.299 e. The lowest BCUT2D eigenvalue weighted by Crippen LogP contribution is -2.29. The number of benzene rings is 1. The maximum absolute atomic E-state index is 13.6. The van der Waals surface area contributed by atoms with Gasteiger partial charge in [-0.1, -0.05) is 5.16 Å². The van der Waals surface area contributed by atoms with Gasteiger partial charge in [0.2, 0.25) is 0 Å². The van der Waals surface area contributed by atoms with E-state index >= 15 is 0 Å². The lowest BCUT2D eigenvalue weighted by atomic mass is 10.1. The Labute approximate surface area is 105 Å². The molecule has 1 amide bonds. The van der Waals surface area contributed by atoms with Crippen LogP contribution in [0.15, 0.2) is 29.1 Å². The van der Waals surface area contributed by atoms with Crippen LogP contribution in [0.2, 0.25) is 0 Å². The molecule has 3 rings (SSSR count). The normalized spacial score (nSPS) is 14.1. The van der Waals surface area contributed by atoms with E-state index in [9.17, 15) is 18.4 Å². The Balaban J connectivity index is 2.09. The van der Waals surface area contributed by atoms with E-state index in [1.54, 1.807) is 0 Å². The molecule has 5 nitrogen and oxygen atoms in total. The SMILES string of the molecule is O=C1C(=O)N(Cc2cnoc2)c2cc(F)cc(F)c21. The van der Waals surface area contributed by atoms with Crippen molar-refractivity contribution in [2.24, 2.45) is 0 Å². The Kier molecular flexibility index (Phi) is 2.41. The molecule has 0 spiro atoms. The number of carbonyl (C=O) groups excluding carboxylic acids is 2. The predicted octanol–water partition coefficient (Wildman–Crippen LogP) is 1.68. The largest absolute Gasteiger partial charge is 0.364 e. The van der Waals surface area contributed by atoms with Crippen LogP contribution in [0.5, 0.6) is 0 Å². The summed E-state index contributed by atoms with van der Waals surface area (Å²) in [7, 11) is 0. The number of rotatable bonds is 2. The van der Waals surface area contributed by atoms with Gasteiger partial charge in [0.05, 0.1) is 24.0 Å². The highest BCUT2D eigenvalue weighted by molar-refractivity contribution is 6.52. The van der Waals surface area contributed by atoms with Gasteiger partial charge in [-0.05, 0) is 6.07 Å². The summed E-state index contributed by atoms with van der Waals surface area (Å²) in [5, 5.41) is 3.45. The van der Waals surface area contributed by atoms with E-state index in [0.29, 0.717) is 11.6 Å². The Morgan fingerprint density at radius 2 is 2.05 bits per heavy atom. The van der Waals surface area contributed by atoms with E-state index in [4.69, 9.17) is 0 Å². The van der Waals surface area contributed by atoms with E-state index in [-0.39, 0.29) is 12.2 Å². The first-order valence-electron chi connectivity index (χ1n) is 5.31. The van der Waals surface area contributed by atoms with Crippen molar-refractivity contribution in [1.82, 2.24) is 5.16 Å². The number of hydrogen-bond donors (Lipinski definition) is 0. The van der Waals surface area contributed by atoms with Crippen LogP contribution in [0.25, 0.3) is 0 Å². The first kappa shape index (κ1) is 11.5. The first-order valence-corrected chi connectivity index (χ1v) is 5.31. The van der Waals surface area contributed by atoms with Crippen LogP contribution < -0.4 is 4.90 Å². The minimum atomic E-state index is -1.04. The Morgan fingerprint density at radius 1 is 1.26 bits per heavy atom. The van der Waals surface area contributed by atoms with Gasteiger partial charge in [-0.2, -0.15) is 0 Å². The zero-order valence-corrected chi connectivity index (χ0v) is 9.39. The van der Waals surface area contributed by atoms with Gasteiger partial charge < -0.3 is 4.52 Å². The van der Waals surface area contributed by atoms with Crippen LogP contribution in [0.4, 0.5) is 14.5 Å². The minimum Gasteiger partial charge on any atom is -0.364 e. The van der Waals surface area contributed by atoms with E-state index in [1.807, 2.05) is 0 Å². The highest BCUT2D eigenvalue weighted by atomic mass is 19.1. The fourth-order valence-corrected chi connectivity index (χ4v) is 1.98. The molecule has 2 aromatic rings. The molecule has 1 aliphatic rings. The summed E-state index contributed by atoms with van der Waals surface area (Å²) in [6.45, 7) is -0.0377. The van der Waals surface area contributed by atoms with Crippen molar-refractivity contribution in [2.45, 2.75) is 6.54 Å². The number of nitrogens with zero attached hydrogens (tertiary/aromatic N) is 2. The molecule has 0 fully saturated rings. The minimum absolute atomic E-state index is 0.0377. The van der Waals surface area contributed by atoms with Gasteiger partial charge in [0, 0.05) is 11.6 Å². The molecule has 1 aromatic heterocycles. The molecule has 19 heavy (non-hydrogen) atoms. The summed E-state index contributed by atoms with van der Waals surface area (Å²) in [6.07, 6.45) is 2.64. The van der Waals surface area contributed by atoms with Crippen molar-refractivity contribution < 1.29 is 22.9 Å². The Morgan fingerprint density at radius 3 is 2.74 bits per heavy atom. The number of carbonyl (C=O) groups is 2. The highest BCUT2D eigenvalue weighted by Gasteiger charge is 2.38. The van der Waals surface area contributed by atoms with E-state index in [1.165, 1.54) is 12.5 Å². The average molecular weight is 264 g/mol. The first-order chi connectivity index (χ1) is 9.08. The second-order valence-corrected chi connectivity index (χ2v) is 4.03. The number of amides is 1. The van der Waals surface area contributed by atoms with Crippen molar-refractivity contribution in [3.63, 3.8) is 0 Å². The highest BCUT2D eigenvalue weighted by Crippen LogP contribution is 2.33.